The zero-order chi connectivity index (χ0) is 22.6. The minimum Gasteiger partial charge on any atom is -0.338 e. The molecule has 10 heteroatoms. The van der Waals surface area contributed by atoms with E-state index in [1.807, 2.05) is 47.2 Å². The van der Waals surface area contributed by atoms with Crippen LogP contribution in [0.4, 0.5) is 0 Å². The van der Waals surface area contributed by atoms with Crippen molar-refractivity contribution in [3.8, 4) is 10.7 Å². The summed E-state index contributed by atoms with van der Waals surface area (Å²) in [6, 6.07) is 13.9. The average Bonchev–Trinajstić information content (AvgIpc) is 3.51. The monoisotopic (exact) mass is 490 g/mol. The number of nitrogens with zero attached hydrogens (tertiary/aromatic N) is 4. The molecule has 3 heterocycles. The van der Waals surface area contributed by atoms with E-state index in [4.69, 9.17) is 0 Å². The molecule has 0 radical (unpaired) electrons. The van der Waals surface area contributed by atoms with Crippen molar-refractivity contribution in [1.82, 2.24) is 19.7 Å². The Hall–Kier alpha value is -2.17. The average molecular weight is 491 g/mol. The number of hydrogen-bond donors (Lipinski definition) is 0. The predicted octanol–water partition coefficient (Wildman–Crippen LogP) is 3.57. The van der Waals surface area contributed by atoms with E-state index in [1.54, 1.807) is 16.2 Å². The maximum Gasteiger partial charge on any atom is 0.233 e. The number of benzene rings is 1. The topological polar surface area (TPSA) is 85.2 Å². The van der Waals surface area contributed by atoms with Gasteiger partial charge in [-0.15, -0.1) is 21.5 Å². The molecule has 0 N–H and O–H groups in total. The van der Waals surface area contributed by atoms with Crippen LogP contribution in [-0.2, 0) is 21.2 Å². The summed E-state index contributed by atoms with van der Waals surface area (Å²) in [7, 11) is -3.05. The lowest BCUT2D eigenvalue weighted by molar-refractivity contribution is -0.130. The lowest BCUT2D eigenvalue weighted by atomic mass is 10.2. The first-order valence-corrected chi connectivity index (χ1v) is 14.3. The van der Waals surface area contributed by atoms with Gasteiger partial charge < -0.3 is 4.90 Å². The number of hydrogen-bond acceptors (Lipinski definition) is 7. The van der Waals surface area contributed by atoms with Gasteiger partial charge in [0.2, 0.25) is 5.91 Å². The Morgan fingerprint density at radius 3 is 2.69 bits per heavy atom. The number of carbonyl (C=O) groups excluding carboxylic acids is 1. The zero-order valence-corrected chi connectivity index (χ0v) is 20.3. The van der Waals surface area contributed by atoms with Crippen molar-refractivity contribution in [2.24, 2.45) is 0 Å². The fourth-order valence-corrected chi connectivity index (χ4v) is 7.15. The van der Waals surface area contributed by atoms with Crippen LogP contribution in [0.5, 0.6) is 0 Å². The molecule has 4 rings (SSSR count). The minimum atomic E-state index is -3.05. The van der Waals surface area contributed by atoms with E-state index in [9.17, 15) is 13.2 Å². The molecule has 0 spiro atoms. The molecule has 3 aromatic rings. The standard InChI is InChI=1S/C22H26N4O3S3/c1-2-11-25(18-10-13-32(28,29)16-18)20(27)15-31-22-24-23-21(19-9-6-12-30-19)26(22)14-17-7-4-3-5-8-17/h3-9,12,18H,2,10-11,13-16H2,1H3/t18-/m0/s1. The summed E-state index contributed by atoms with van der Waals surface area (Å²) >= 11 is 2.96. The Morgan fingerprint density at radius 2 is 2.03 bits per heavy atom. The zero-order valence-electron chi connectivity index (χ0n) is 17.9. The van der Waals surface area contributed by atoms with Crippen molar-refractivity contribution in [1.29, 1.82) is 0 Å². The Morgan fingerprint density at radius 1 is 1.22 bits per heavy atom. The van der Waals surface area contributed by atoms with Crippen molar-refractivity contribution in [3.63, 3.8) is 0 Å². The molecule has 0 saturated carbocycles. The molecule has 0 aliphatic carbocycles. The number of thiophene rings is 1. The van der Waals surface area contributed by atoms with Crippen LogP contribution >= 0.6 is 23.1 Å². The third kappa shape index (κ3) is 5.41. The lowest BCUT2D eigenvalue weighted by Gasteiger charge is -2.27. The maximum atomic E-state index is 13.1. The quantitative estimate of drug-likeness (QED) is 0.426. The minimum absolute atomic E-state index is 0.0501. The second kappa shape index (κ2) is 10.2. The summed E-state index contributed by atoms with van der Waals surface area (Å²) in [5, 5.41) is 11.5. The van der Waals surface area contributed by atoms with E-state index in [2.05, 4.69) is 22.3 Å². The van der Waals surface area contributed by atoms with E-state index in [0.29, 0.717) is 24.7 Å². The highest BCUT2D eigenvalue weighted by Crippen LogP contribution is 2.29. The predicted molar refractivity (Wildman–Crippen MR) is 129 cm³/mol. The van der Waals surface area contributed by atoms with Crippen LogP contribution in [0.15, 0.2) is 53.0 Å². The van der Waals surface area contributed by atoms with Gasteiger partial charge in [0.15, 0.2) is 20.8 Å². The molecular weight excluding hydrogens is 464 g/mol. The van der Waals surface area contributed by atoms with E-state index in [0.717, 1.165) is 22.7 Å². The van der Waals surface area contributed by atoms with Crippen LogP contribution in [0.2, 0.25) is 0 Å². The van der Waals surface area contributed by atoms with Crippen LogP contribution < -0.4 is 0 Å². The van der Waals surface area contributed by atoms with Gasteiger partial charge in [-0.2, -0.15) is 0 Å². The van der Waals surface area contributed by atoms with E-state index >= 15 is 0 Å². The SMILES string of the molecule is CCCN(C(=O)CSc1nnc(-c2cccs2)n1Cc1ccccc1)[C@H]1CCS(=O)(=O)C1. The molecule has 32 heavy (non-hydrogen) atoms. The van der Waals surface area contributed by atoms with Gasteiger partial charge in [0.05, 0.1) is 28.7 Å². The van der Waals surface area contributed by atoms with E-state index < -0.39 is 9.84 Å². The van der Waals surface area contributed by atoms with Gasteiger partial charge in [0.1, 0.15) is 0 Å². The second-order valence-electron chi connectivity index (χ2n) is 7.79. The molecule has 7 nitrogen and oxygen atoms in total. The Bertz CT molecular complexity index is 1140. The van der Waals surface area contributed by atoms with E-state index in [-0.39, 0.29) is 29.2 Å². The highest BCUT2D eigenvalue weighted by molar-refractivity contribution is 7.99. The van der Waals surface area contributed by atoms with Crippen molar-refractivity contribution in [3.05, 3.63) is 53.4 Å². The van der Waals surface area contributed by atoms with Crippen LogP contribution in [0.1, 0.15) is 25.3 Å². The molecular formula is C22H26N4O3S3. The third-order valence-electron chi connectivity index (χ3n) is 5.40. The molecule has 1 amide bonds. The number of rotatable bonds is 9. The van der Waals surface area contributed by atoms with Crippen LogP contribution in [-0.4, -0.2) is 63.8 Å². The van der Waals surface area contributed by atoms with Crippen molar-refractivity contribution in [2.75, 3.05) is 23.8 Å². The lowest BCUT2D eigenvalue weighted by Crippen LogP contribution is -2.42. The molecule has 1 aliphatic heterocycles. The molecule has 1 aromatic carbocycles. The third-order valence-corrected chi connectivity index (χ3v) is 8.97. The first-order chi connectivity index (χ1) is 15.5. The van der Waals surface area contributed by atoms with Crippen molar-refractivity contribution < 1.29 is 13.2 Å². The Balaban J connectivity index is 1.52. The number of aromatic nitrogens is 3. The number of sulfone groups is 1. The second-order valence-corrected chi connectivity index (χ2v) is 11.9. The molecule has 170 valence electrons. The van der Waals surface area contributed by atoms with Gasteiger partial charge in [-0.05, 0) is 29.9 Å². The van der Waals surface area contributed by atoms with Crippen LogP contribution in [0.25, 0.3) is 10.7 Å². The molecule has 1 atom stereocenters. The summed E-state index contributed by atoms with van der Waals surface area (Å²) in [6.45, 7) is 3.18. The summed E-state index contributed by atoms with van der Waals surface area (Å²) in [4.78, 5) is 15.8. The maximum absolute atomic E-state index is 13.1. The van der Waals surface area contributed by atoms with Crippen molar-refractivity contribution in [2.45, 2.75) is 37.5 Å². The Kier molecular flexibility index (Phi) is 7.32. The number of carbonyl (C=O) groups is 1. The highest BCUT2D eigenvalue weighted by Gasteiger charge is 2.34. The van der Waals surface area contributed by atoms with Gasteiger partial charge in [0.25, 0.3) is 0 Å². The fourth-order valence-electron chi connectivity index (χ4n) is 3.87. The summed E-state index contributed by atoms with van der Waals surface area (Å²) in [5.74, 6) is 1.16. The smallest absolute Gasteiger partial charge is 0.233 e. The van der Waals surface area contributed by atoms with Crippen LogP contribution in [0.3, 0.4) is 0 Å². The summed E-state index contributed by atoms with van der Waals surface area (Å²) in [6.07, 6.45) is 1.31. The molecule has 0 unspecified atom stereocenters. The molecule has 0 bridgehead atoms. The fraction of sp³-hybridized carbons (Fsp3) is 0.409. The summed E-state index contributed by atoms with van der Waals surface area (Å²) < 4.78 is 25.9. The normalized spacial score (nSPS) is 17.5. The van der Waals surface area contributed by atoms with Gasteiger partial charge in [-0.1, -0.05) is 55.1 Å². The van der Waals surface area contributed by atoms with Gasteiger partial charge in [-0.3, -0.25) is 9.36 Å². The van der Waals surface area contributed by atoms with E-state index in [1.165, 1.54) is 11.8 Å². The molecule has 1 saturated heterocycles. The first kappa shape index (κ1) is 23.0. The molecule has 1 aliphatic rings. The largest absolute Gasteiger partial charge is 0.338 e. The Labute approximate surface area is 196 Å². The van der Waals surface area contributed by atoms with Gasteiger partial charge >= 0.3 is 0 Å². The molecule has 2 aromatic heterocycles. The van der Waals surface area contributed by atoms with Crippen LogP contribution in [0, 0.1) is 0 Å². The van der Waals surface area contributed by atoms with Gasteiger partial charge in [0, 0.05) is 12.6 Å². The number of thioether (sulfide) groups is 1. The summed E-state index contributed by atoms with van der Waals surface area (Å²) in [5.41, 5.74) is 1.13. The number of amides is 1. The highest BCUT2D eigenvalue weighted by atomic mass is 32.2. The molecule has 1 fully saturated rings. The van der Waals surface area contributed by atoms with Gasteiger partial charge in [-0.25, -0.2) is 8.42 Å². The van der Waals surface area contributed by atoms with Crippen molar-refractivity contribution >= 4 is 38.8 Å². The first-order valence-electron chi connectivity index (χ1n) is 10.6.